The maximum atomic E-state index is 14.1. The molecule has 2 atom stereocenters. The summed E-state index contributed by atoms with van der Waals surface area (Å²) in [4.78, 5) is 63.2. The van der Waals surface area contributed by atoms with Crippen molar-refractivity contribution in [3.05, 3.63) is 115 Å². The van der Waals surface area contributed by atoms with Crippen molar-refractivity contribution in [2.45, 2.75) is 90.8 Å². The highest BCUT2D eigenvalue weighted by Gasteiger charge is 2.50. The van der Waals surface area contributed by atoms with E-state index in [2.05, 4.69) is 15.1 Å². The van der Waals surface area contributed by atoms with Crippen LogP contribution in [0.1, 0.15) is 86.3 Å². The molecule has 0 saturated carbocycles. The van der Waals surface area contributed by atoms with Gasteiger partial charge in [0, 0.05) is 61.7 Å². The number of ether oxygens (including phenoxy) is 2. The summed E-state index contributed by atoms with van der Waals surface area (Å²) < 4.78 is 14.5. The number of aromatic nitrogens is 5. The largest absolute Gasteiger partial charge is 0.508 e. The van der Waals surface area contributed by atoms with Gasteiger partial charge in [-0.25, -0.2) is 24.2 Å². The highest BCUT2D eigenvalue weighted by Crippen LogP contribution is 2.43. The molecular weight excluding hydrogens is 835 g/mol. The second-order valence-corrected chi connectivity index (χ2v) is 17.3. The number of rotatable bonds is 12. The Kier molecular flexibility index (Phi) is 11.3. The molecule has 9 rings (SSSR count). The number of phenolic OH excluding ortho intramolecular Hbond substituents is 3. The van der Waals surface area contributed by atoms with Crippen LogP contribution >= 0.6 is 0 Å². The van der Waals surface area contributed by atoms with Crippen LogP contribution in [0.4, 0.5) is 0 Å². The summed E-state index contributed by atoms with van der Waals surface area (Å²) in [6.45, 7) is 10.5. The Morgan fingerprint density at radius 1 is 0.938 bits per heavy atom. The molecule has 5 N–H and O–H groups in total. The number of cyclic esters (lactones) is 1. The van der Waals surface area contributed by atoms with Crippen LogP contribution in [0, 0.1) is 0 Å². The number of nitrogens with zero attached hydrogens (tertiary/aromatic N) is 6. The Morgan fingerprint density at radius 3 is 2.40 bits per heavy atom. The van der Waals surface area contributed by atoms with Gasteiger partial charge in [0.15, 0.2) is 5.82 Å². The summed E-state index contributed by atoms with van der Waals surface area (Å²) in [7, 11) is 0. The number of fused-ring (bicyclic) bond motifs is 5. The molecule has 0 aliphatic carbocycles. The molecule has 3 aromatic carbocycles. The Hall–Kier alpha value is -6.82. The summed E-state index contributed by atoms with van der Waals surface area (Å²) in [6, 6.07) is 17.0. The molecule has 3 aliphatic heterocycles. The van der Waals surface area contributed by atoms with E-state index in [1.165, 1.54) is 10.6 Å². The fourth-order valence-corrected chi connectivity index (χ4v) is 9.57. The molecule has 65 heavy (non-hydrogen) atoms. The van der Waals surface area contributed by atoms with E-state index in [4.69, 9.17) is 14.5 Å². The summed E-state index contributed by atoms with van der Waals surface area (Å²) in [5.41, 5.74) is 3.88. The predicted molar refractivity (Wildman–Crippen MR) is 239 cm³/mol. The van der Waals surface area contributed by atoms with Crippen LogP contribution in [0.2, 0.25) is 0 Å². The molecule has 338 valence electrons. The Morgan fingerprint density at radius 2 is 1.69 bits per heavy atom. The van der Waals surface area contributed by atoms with Gasteiger partial charge < -0.3 is 34.5 Å². The molecule has 1 fully saturated rings. The van der Waals surface area contributed by atoms with Crippen molar-refractivity contribution in [1.82, 2.24) is 34.1 Å². The normalized spacial score (nSPS) is 17.8. The number of aryl methyl sites for hydroxylation is 1. The summed E-state index contributed by atoms with van der Waals surface area (Å²) >= 11 is 0. The highest BCUT2D eigenvalue weighted by molar-refractivity contribution is 5.90. The number of carbonyl (C=O) groups is 2. The Bertz CT molecular complexity index is 2980. The van der Waals surface area contributed by atoms with E-state index in [1.807, 2.05) is 49.9 Å². The van der Waals surface area contributed by atoms with Gasteiger partial charge in [-0.3, -0.25) is 19.4 Å². The van der Waals surface area contributed by atoms with E-state index >= 15 is 0 Å². The lowest BCUT2D eigenvalue weighted by Crippen LogP contribution is -2.50. The van der Waals surface area contributed by atoms with Gasteiger partial charge in [0.05, 0.1) is 40.3 Å². The van der Waals surface area contributed by atoms with Crippen molar-refractivity contribution in [2.24, 2.45) is 0 Å². The number of aromatic hydroxyl groups is 3. The zero-order valence-corrected chi connectivity index (χ0v) is 36.6. The van der Waals surface area contributed by atoms with Crippen molar-refractivity contribution in [2.75, 3.05) is 26.2 Å². The lowest BCUT2D eigenvalue weighted by molar-refractivity contribution is -0.190. The van der Waals surface area contributed by atoms with Crippen LogP contribution in [0.5, 0.6) is 17.2 Å². The van der Waals surface area contributed by atoms with Gasteiger partial charge >= 0.3 is 17.6 Å². The number of carbonyl (C=O) groups excluding carboxylic acids is 2. The maximum absolute atomic E-state index is 14.1. The Labute approximate surface area is 373 Å². The van der Waals surface area contributed by atoms with Gasteiger partial charge in [0.2, 0.25) is 5.60 Å². The van der Waals surface area contributed by atoms with Crippen molar-refractivity contribution in [1.29, 1.82) is 0 Å². The van der Waals surface area contributed by atoms with Gasteiger partial charge in [-0.15, -0.1) is 0 Å². The molecule has 2 unspecified atom stereocenters. The second kappa shape index (κ2) is 17.0. The number of pyridine rings is 2. The number of aromatic amines is 1. The van der Waals surface area contributed by atoms with Gasteiger partial charge in [-0.05, 0) is 84.3 Å². The molecule has 6 heterocycles. The number of nitrogens with one attached hydrogen (secondary N) is 1. The number of aliphatic hydroxyl groups is 1. The fourth-order valence-electron chi connectivity index (χ4n) is 9.57. The minimum Gasteiger partial charge on any atom is -0.508 e. The SMILES string of the molecule is CCc1c2c(nc3ccc(O)cc13)-c1cc3c(c(=O)n1C2)COC(=O)C3(CC)OC(=O)CCC(O)N1CCN(Cc2ccc(-n3c(-c4cc(C(C)C)c(O)cc4O)n[nH]c3=O)cc2)CC1. The number of aliphatic hydroxyl groups excluding tert-OH is 1. The standard InChI is InChI=1S/C48H51N7O10/c1-5-30-32-19-29(56)11-12-37(32)49-43-34(30)24-54-38(43)21-36-35(45(54)61)25-64-46(62)48(36,6-2)65-42(60)14-13-41(59)53-17-15-52(16-18-53)23-27-7-9-28(10-8-27)55-44(50-51-47(55)63)33-20-31(26(3)4)39(57)22-40(33)58/h7-12,19-22,26,41,56-59H,5-6,13-18,23-25H2,1-4H3,(H,51,63). The van der Waals surface area contributed by atoms with E-state index in [9.17, 15) is 39.6 Å². The third-order valence-corrected chi connectivity index (χ3v) is 13.1. The molecule has 3 aromatic heterocycles. The van der Waals surface area contributed by atoms with Gasteiger partial charge in [0.1, 0.15) is 30.1 Å². The number of esters is 2. The topological polar surface area (TPSA) is 226 Å². The first-order valence-corrected chi connectivity index (χ1v) is 22.0. The van der Waals surface area contributed by atoms with E-state index in [0.29, 0.717) is 72.9 Å². The van der Waals surface area contributed by atoms with Crippen LogP contribution in [0.25, 0.3) is 39.4 Å². The first-order valence-electron chi connectivity index (χ1n) is 22.0. The predicted octanol–water partition coefficient (Wildman–Crippen LogP) is 4.89. The van der Waals surface area contributed by atoms with Gasteiger partial charge in [0.25, 0.3) is 5.56 Å². The minimum absolute atomic E-state index is 0.0185. The number of H-pyrrole nitrogens is 1. The van der Waals surface area contributed by atoms with Crippen LogP contribution in [-0.4, -0.2) is 98.9 Å². The monoisotopic (exact) mass is 885 g/mol. The maximum Gasteiger partial charge on any atom is 0.355 e. The lowest BCUT2D eigenvalue weighted by Gasteiger charge is -2.37. The van der Waals surface area contributed by atoms with E-state index < -0.39 is 29.5 Å². The van der Waals surface area contributed by atoms with E-state index in [-0.39, 0.29) is 78.1 Å². The molecule has 0 amide bonds. The van der Waals surface area contributed by atoms with Crippen molar-refractivity contribution >= 4 is 22.8 Å². The molecule has 1 saturated heterocycles. The molecule has 0 bridgehead atoms. The Balaban J connectivity index is 0.835. The molecule has 17 heteroatoms. The smallest absolute Gasteiger partial charge is 0.355 e. The van der Waals surface area contributed by atoms with Crippen molar-refractivity contribution < 1.29 is 39.5 Å². The first kappa shape index (κ1) is 43.4. The van der Waals surface area contributed by atoms with Crippen LogP contribution in [0.15, 0.2) is 70.3 Å². The lowest BCUT2D eigenvalue weighted by atomic mass is 9.85. The van der Waals surface area contributed by atoms with Crippen molar-refractivity contribution in [3.8, 4) is 45.7 Å². The number of piperazine rings is 1. The average molecular weight is 886 g/mol. The third kappa shape index (κ3) is 7.62. The van der Waals surface area contributed by atoms with Crippen LogP contribution in [-0.2, 0) is 50.8 Å². The highest BCUT2D eigenvalue weighted by atomic mass is 16.6. The third-order valence-electron chi connectivity index (χ3n) is 13.1. The number of benzene rings is 3. The summed E-state index contributed by atoms with van der Waals surface area (Å²) in [5.74, 6) is -1.41. The van der Waals surface area contributed by atoms with Crippen molar-refractivity contribution in [3.63, 3.8) is 0 Å². The fraction of sp³-hybridized carbons (Fsp3) is 0.375. The van der Waals surface area contributed by atoms with E-state index in [0.717, 1.165) is 22.1 Å². The van der Waals surface area contributed by atoms with Gasteiger partial charge in [-0.1, -0.05) is 39.8 Å². The number of hydrogen-bond acceptors (Lipinski definition) is 14. The first-order chi connectivity index (χ1) is 31.2. The van der Waals surface area contributed by atoms with E-state index in [1.54, 1.807) is 41.8 Å². The number of hydrogen-bond donors (Lipinski definition) is 5. The molecule has 3 aliphatic rings. The molecule has 0 spiro atoms. The quantitative estimate of drug-likeness (QED) is 0.103. The molecule has 6 aromatic rings. The zero-order valence-electron chi connectivity index (χ0n) is 36.6. The van der Waals surface area contributed by atoms with Gasteiger partial charge in [-0.2, -0.15) is 5.10 Å². The van der Waals surface area contributed by atoms with Crippen LogP contribution in [0.3, 0.4) is 0 Å². The molecule has 17 nitrogen and oxygen atoms in total. The van der Waals surface area contributed by atoms with Crippen LogP contribution < -0.4 is 11.2 Å². The number of phenols is 3. The summed E-state index contributed by atoms with van der Waals surface area (Å²) in [6.07, 6.45) is -0.410. The molecular formula is C48H51N7O10. The zero-order chi connectivity index (χ0) is 45.9. The summed E-state index contributed by atoms with van der Waals surface area (Å²) in [5, 5.41) is 49.9. The molecule has 0 radical (unpaired) electrons. The minimum atomic E-state index is -1.86. The second-order valence-electron chi connectivity index (χ2n) is 17.3. The average Bonchev–Trinajstić information content (AvgIpc) is 3.86.